The molecule has 156 valence electrons. The van der Waals surface area contributed by atoms with Crippen molar-refractivity contribution in [3.63, 3.8) is 0 Å². The second kappa shape index (κ2) is 11.4. The van der Waals surface area contributed by atoms with Gasteiger partial charge in [0.1, 0.15) is 17.6 Å². The number of rotatable bonds is 5. The van der Waals surface area contributed by atoms with Gasteiger partial charge < -0.3 is 9.15 Å². The van der Waals surface area contributed by atoms with Crippen LogP contribution >= 0.6 is 47.8 Å². The number of Topliss-reactive ketones (excluding diaryl/α,β-unsaturated/α-hetero) is 2. The quantitative estimate of drug-likeness (QED) is 0.185. The SMILES string of the molecule is COC(=O)c1c(C(C)=O)coc1-c1ccc(Br)cc1.O=C(CBr)c1ccc(Br)cc1. The number of carbonyl (C=O) groups is 3. The molecule has 0 amide bonds. The van der Waals surface area contributed by atoms with Gasteiger partial charge in [-0.15, -0.1) is 0 Å². The Morgan fingerprint density at radius 3 is 1.93 bits per heavy atom. The summed E-state index contributed by atoms with van der Waals surface area (Å²) in [6.45, 7) is 1.38. The first kappa shape index (κ1) is 24.2. The predicted octanol–water partition coefficient (Wildman–Crippen LogP) is 6.73. The number of carbonyl (C=O) groups excluding carboxylic acids is 3. The topological polar surface area (TPSA) is 73.6 Å². The molecule has 0 bridgehead atoms. The van der Waals surface area contributed by atoms with Crippen LogP contribution in [-0.4, -0.2) is 30.0 Å². The number of furan rings is 1. The molecular weight excluding hydrogens is 584 g/mol. The molecule has 3 rings (SSSR count). The number of ether oxygens (including phenoxy) is 1. The van der Waals surface area contributed by atoms with E-state index in [2.05, 4.69) is 47.8 Å². The number of methoxy groups -OCH3 is 1. The van der Waals surface area contributed by atoms with Crippen molar-refractivity contribution in [2.45, 2.75) is 6.92 Å². The molecule has 0 atom stereocenters. The highest BCUT2D eigenvalue weighted by molar-refractivity contribution is 9.10. The molecule has 1 aromatic heterocycles. The van der Waals surface area contributed by atoms with Gasteiger partial charge in [-0.1, -0.05) is 72.1 Å². The van der Waals surface area contributed by atoms with Crippen LogP contribution in [0.5, 0.6) is 0 Å². The molecule has 0 saturated carbocycles. The van der Waals surface area contributed by atoms with Crippen molar-refractivity contribution >= 4 is 65.3 Å². The Balaban J connectivity index is 0.000000248. The molecule has 30 heavy (non-hydrogen) atoms. The second-order valence-electron chi connectivity index (χ2n) is 5.97. The summed E-state index contributed by atoms with van der Waals surface area (Å²) in [5.74, 6) is -0.383. The fraction of sp³-hybridized carbons (Fsp3) is 0.136. The summed E-state index contributed by atoms with van der Waals surface area (Å²) in [6.07, 6.45) is 1.28. The van der Waals surface area contributed by atoms with Gasteiger partial charge in [-0.05, 0) is 31.2 Å². The maximum atomic E-state index is 11.8. The monoisotopic (exact) mass is 598 g/mol. The van der Waals surface area contributed by atoms with Crippen LogP contribution in [-0.2, 0) is 4.74 Å². The van der Waals surface area contributed by atoms with Gasteiger partial charge in [-0.2, -0.15) is 0 Å². The van der Waals surface area contributed by atoms with Crippen LogP contribution in [0.4, 0.5) is 0 Å². The maximum absolute atomic E-state index is 11.8. The number of alkyl halides is 1. The molecule has 0 radical (unpaired) electrons. The fourth-order valence-corrected chi connectivity index (χ4v) is 3.30. The van der Waals surface area contributed by atoms with E-state index in [-0.39, 0.29) is 22.7 Å². The van der Waals surface area contributed by atoms with Crippen LogP contribution in [0, 0.1) is 0 Å². The third kappa shape index (κ3) is 6.23. The van der Waals surface area contributed by atoms with Gasteiger partial charge in [0.05, 0.1) is 18.0 Å². The summed E-state index contributed by atoms with van der Waals surface area (Å²) in [6, 6.07) is 14.5. The Morgan fingerprint density at radius 2 is 1.47 bits per heavy atom. The van der Waals surface area contributed by atoms with Gasteiger partial charge in [0.15, 0.2) is 11.6 Å². The van der Waals surface area contributed by atoms with Crippen LogP contribution in [0.1, 0.15) is 38.0 Å². The lowest BCUT2D eigenvalue weighted by molar-refractivity contribution is 0.0597. The van der Waals surface area contributed by atoms with Crippen LogP contribution in [0.2, 0.25) is 0 Å². The highest BCUT2D eigenvalue weighted by atomic mass is 79.9. The summed E-state index contributed by atoms with van der Waals surface area (Å²) in [4.78, 5) is 34.4. The largest absolute Gasteiger partial charge is 0.465 e. The van der Waals surface area contributed by atoms with E-state index in [0.29, 0.717) is 16.7 Å². The van der Waals surface area contributed by atoms with Crippen molar-refractivity contribution in [1.82, 2.24) is 0 Å². The molecule has 0 unspecified atom stereocenters. The van der Waals surface area contributed by atoms with Gasteiger partial charge in [-0.3, -0.25) is 9.59 Å². The molecule has 2 aromatic carbocycles. The Morgan fingerprint density at radius 1 is 0.933 bits per heavy atom. The van der Waals surface area contributed by atoms with E-state index in [9.17, 15) is 14.4 Å². The van der Waals surface area contributed by atoms with Crippen LogP contribution in [0.15, 0.2) is 68.2 Å². The minimum absolute atomic E-state index is 0.109. The summed E-state index contributed by atoms with van der Waals surface area (Å²) >= 11 is 9.73. The number of halogens is 3. The summed E-state index contributed by atoms with van der Waals surface area (Å²) in [7, 11) is 1.27. The van der Waals surface area contributed by atoms with Crippen molar-refractivity contribution in [3.05, 3.63) is 80.4 Å². The van der Waals surface area contributed by atoms with Crippen LogP contribution < -0.4 is 0 Å². The minimum atomic E-state index is -0.586. The number of benzene rings is 2. The van der Waals surface area contributed by atoms with E-state index in [1.54, 1.807) is 24.3 Å². The molecule has 5 nitrogen and oxygen atoms in total. The summed E-state index contributed by atoms with van der Waals surface area (Å²) in [5, 5.41) is 0.384. The van der Waals surface area contributed by atoms with Crippen LogP contribution in [0.3, 0.4) is 0 Å². The summed E-state index contributed by atoms with van der Waals surface area (Å²) in [5.41, 5.74) is 1.84. The smallest absolute Gasteiger partial charge is 0.342 e. The van der Waals surface area contributed by atoms with Gasteiger partial charge >= 0.3 is 5.97 Å². The molecule has 0 aliphatic carbocycles. The molecule has 0 N–H and O–H groups in total. The zero-order valence-electron chi connectivity index (χ0n) is 16.1. The third-order valence-electron chi connectivity index (χ3n) is 3.95. The van der Waals surface area contributed by atoms with E-state index < -0.39 is 5.97 Å². The van der Waals surface area contributed by atoms with Gasteiger partial charge in [-0.25, -0.2) is 4.79 Å². The van der Waals surface area contributed by atoms with E-state index in [1.165, 1.54) is 20.3 Å². The normalized spacial score (nSPS) is 10.0. The lowest BCUT2D eigenvalue weighted by atomic mass is 10.0. The van der Waals surface area contributed by atoms with E-state index in [1.807, 2.05) is 24.3 Å². The highest BCUT2D eigenvalue weighted by Gasteiger charge is 2.24. The van der Waals surface area contributed by atoms with Crippen molar-refractivity contribution in [2.75, 3.05) is 12.4 Å². The maximum Gasteiger partial charge on any atom is 0.342 e. The fourth-order valence-electron chi connectivity index (χ4n) is 2.45. The first-order valence-electron chi connectivity index (χ1n) is 8.59. The zero-order valence-corrected chi connectivity index (χ0v) is 20.8. The van der Waals surface area contributed by atoms with Gasteiger partial charge in [0.2, 0.25) is 0 Å². The average molecular weight is 601 g/mol. The third-order valence-corrected chi connectivity index (χ3v) is 5.52. The molecule has 0 saturated heterocycles. The highest BCUT2D eigenvalue weighted by Crippen LogP contribution is 2.30. The molecular formula is C22H17Br3O5. The van der Waals surface area contributed by atoms with Crippen molar-refractivity contribution in [3.8, 4) is 11.3 Å². The van der Waals surface area contributed by atoms with Crippen molar-refractivity contribution in [2.24, 2.45) is 0 Å². The van der Waals surface area contributed by atoms with E-state index >= 15 is 0 Å². The lowest BCUT2D eigenvalue weighted by Gasteiger charge is -2.03. The van der Waals surface area contributed by atoms with Gasteiger partial charge in [0.25, 0.3) is 0 Å². The Labute approximate surface area is 199 Å². The van der Waals surface area contributed by atoms with E-state index in [4.69, 9.17) is 9.15 Å². The predicted molar refractivity (Wildman–Crippen MR) is 125 cm³/mol. The average Bonchev–Trinajstić information content (AvgIpc) is 3.19. The Bertz CT molecular complexity index is 1040. The molecule has 3 aromatic rings. The number of esters is 1. The number of hydrogen-bond donors (Lipinski definition) is 0. The number of ketones is 2. The molecule has 8 heteroatoms. The van der Waals surface area contributed by atoms with Gasteiger partial charge in [0, 0.05) is 20.1 Å². The molecule has 0 fully saturated rings. The number of hydrogen-bond acceptors (Lipinski definition) is 5. The minimum Gasteiger partial charge on any atom is -0.465 e. The first-order chi connectivity index (χ1) is 14.3. The molecule has 0 aliphatic rings. The molecule has 0 aliphatic heterocycles. The molecule has 0 spiro atoms. The van der Waals surface area contributed by atoms with Crippen molar-refractivity contribution < 1.29 is 23.5 Å². The second-order valence-corrected chi connectivity index (χ2v) is 8.36. The zero-order chi connectivity index (χ0) is 22.3. The first-order valence-corrected chi connectivity index (χ1v) is 11.3. The van der Waals surface area contributed by atoms with E-state index in [0.717, 1.165) is 14.5 Å². The lowest BCUT2D eigenvalue weighted by Crippen LogP contribution is -2.07. The van der Waals surface area contributed by atoms with Crippen LogP contribution in [0.25, 0.3) is 11.3 Å². The Hall–Kier alpha value is -2.03. The molecule has 1 heterocycles. The standard InChI is InChI=1S/C14H11BrO4.C8H6Br2O/c1-8(16)11-7-19-13(12(11)14(17)18-2)9-3-5-10(15)6-4-9;9-5-8(11)6-1-3-7(10)4-2-6/h3-7H,1-2H3;1-4H,5H2. The van der Waals surface area contributed by atoms with Crippen molar-refractivity contribution in [1.29, 1.82) is 0 Å². The summed E-state index contributed by atoms with van der Waals surface area (Å²) < 4.78 is 12.0. The Kier molecular flexibility index (Phi) is 9.20.